The Labute approximate surface area is 142 Å². The van der Waals surface area contributed by atoms with Gasteiger partial charge in [0, 0.05) is 4.90 Å². The van der Waals surface area contributed by atoms with Gasteiger partial charge in [0.05, 0.1) is 5.69 Å². The van der Waals surface area contributed by atoms with Crippen LogP contribution in [0.1, 0.15) is 67.8 Å². The van der Waals surface area contributed by atoms with E-state index < -0.39 is 6.10 Å². The standard InChI is InChI=1S/C19H26N2OS/c1-11(2)17-19(23-15-8-12(3)7-13(4)9-15)21-18(20-17)16(22)10-14-5-6-14/h7-9,11,14,16,22H,5-6,10H2,1-4H3,(H,20,21). The molecule has 0 aliphatic heterocycles. The van der Waals surface area contributed by atoms with Crippen molar-refractivity contribution in [2.24, 2.45) is 5.92 Å². The molecule has 124 valence electrons. The topological polar surface area (TPSA) is 48.9 Å². The fourth-order valence-electron chi connectivity index (χ4n) is 2.90. The lowest BCUT2D eigenvalue weighted by Gasteiger charge is -2.07. The number of aryl methyl sites for hydroxylation is 2. The van der Waals surface area contributed by atoms with E-state index in [1.807, 2.05) is 0 Å². The number of aliphatic hydroxyl groups is 1. The van der Waals surface area contributed by atoms with Crippen molar-refractivity contribution in [3.63, 3.8) is 0 Å². The maximum absolute atomic E-state index is 10.4. The third kappa shape index (κ3) is 4.18. The Morgan fingerprint density at radius 3 is 2.43 bits per heavy atom. The summed E-state index contributed by atoms with van der Waals surface area (Å²) in [5.41, 5.74) is 3.66. The number of imidazole rings is 1. The lowest BCUT2D eigenvalue weighted by molar-refractivity contribution is 0.151. The molecule has 1 atom stereocenters. The number of nitrogens with zero attached hydrogens (tertiary/aromatic N) is 1. The van der Waals surface area contributed by atoms with Crippen LogP contribution in [0.15, 0.2) is 28.1 Å². The highest BCUT2D eigenvalue weighted by molar-refractivity contribution is 7.99. The highest BCUT2D eigenvalue weighted by Crippen LogP contribution is 2.39. The van der Waals surface area contributed by atoms with Crippen LogP contribution in [0, 0.1) is 19.8 Å². The molecule has 0 radical (unpaired) electrons. The Balaban J connectivity index is 1.85. The predicted molar refractivity (Wildman–Crippen MR) is 95.0 cm³/mol. The molecule has 23 heavy (non-hydrogen) atoms. The number of aromatic amines is 1. The molecule has 1 aromatic heterocycles. The number of benzene rings is 1. The molecule has 1 aliphatic carbocycles. The van der Waals surface area contributed by atoms with Gasteiger partial charge in [0.25, 0.3) is 0 Å². The van der Waals surface area contributed by atoms with Gasteiger partial charge in [0.15, 0.2) is 0 Å². The molecule has 1 aliphatic rings. The summed E-state index contributed by atoms with van der Waals surface area (Å²) in [6.45, 7) is 8.57. The summed E-state index contributed by atoms with van der Waals surface area (Å²) in [4.78, 5) is 9.31. The van der Waals surface area contributed by atoms with Gasteiger partial charge >= 0.3 is 0 Å². The average Bonchev–Trinajstić information content (AvgIpc) is 3.15. The third-order valence-electron chi connectivity index (χ3n) is 4.27. The first-order valence-corrected chi connectivity index (χ1v) is 9.28. The van der Waals surface area contributed by atoms with Crippen molar-refractivity contribution in [2.75, 3.05) is 0 Å². The first-order valence-electron chi connectivity index (χ1n) is 8.46. The van der Waals surface area contributed by atoms with Gasteiger partial charge in [-0.2, -0.15) is 0 Å². The van der Waals surface area contributed by atoms with E-state index in [0.29, 0.717) is 11.8 Å². The van der Waals surface area contributed by atoms with Gasteiger partial charge in [0.1, 0.15) is 17.0 Å². The number of aromatic nitrogens is 2. The second kappa shape index (κ2) is 6.70. The molecule has 1 heterocycles. The molecule has 1 saturated carbocycles. The van der Waals surface area contributed by atoms with Crippen LogP contribution < -0.4 is 0 Å². The second-order valence-electron chi connectivity index (χ2n) is 7.12. The molecule has 1 aromatic carbocycles. The van der Waals surface area contributed by atoms with E-state index in [1.165, 1.54) is 28.9 Å². The second-order valence-corrected chi connectivity index (χ2v) is 8.18. The van der Waals surface area contributed by atoms with Crippen LogP contribution in [0.4, 0.5) is 0 Å². The molecule has 0 amide bonds. The lowest BCUT2D eigenvalue weighted by atomic mass is 10.1. The van der Waals surface area contributed by atoms with E-state index in [-0.39, 0.29) is 0 Å². The summed E-state index contributed by atoms with van der Waals surface area (Å²) in [7, 11) is 0. The van der Waals surface area contributed by atoms with Crippen LogP contribution in [0.5, 0.6) is 0 Å². The van der Waals surface area contributed by atoms with Crippen molar-refractivity contribution in [1.82, 2.24) is 9.97 Å². The van der Waals surface area contributed by atoms with Crippen molar-refractivity contribution in [3.05, 3.63) is 40.8 Å². The van der Waals surface area contributed by atoms with E-state index >= 15 is 0 Å². The fourth-order valence-corrected chi connectivity index (χ4v) is 4.15. The van der Waals surface area contributed by atoms with Gasteiger partial charge in [-0.1, -0.05) is 44.5 Å². The molecule has 0 bridgehead atoms. The first kappa shape index (κ1) is 16.6. The molecule has 3 nitrogen and oxygen atoms in total. The summed E-state index contributed by atoms with van der Waals surface area (Å²) >= 11 is 1.69. The van der Waals surface area contributed by atoms with Crippen molar-refractivity contribution in [2.45, 2.75) is 68.9 Å². The van der Waals surface area contributed by atoms with Gasteiger partial charge < -0.3 is 10.1 Å². The number of aliphatic hydroxyl groups excluding tert-OH is 1. The van der Waals surface area contributed by atoms with Crippen molar-refractivity contribution < 1.29 is 5.11 Å². The Kier molecular flexibility index (Phi) is 4.83. The van der Waals surface area contributed by atoms with E-state index in [1.54, 1.807) is 11.8 Å². The monoisotopic (exact) mass is 330 g/mol. The summed E-state index contributed by atoms with van der Waals surface area (Å²) < 4.78 is 0. The molecule has 2 aromatic rings. The van der Waals surface area contributed by atoms with Gasteiger partial charge in [-0.05, 0) is 55.4 Å². The molecular formula is C19H26N2OS. The van der Waals surface area contributed by atoms with E-state index in [9.17, 15) is 5.11 Å². The quantitative estimate of drug-likeness (QED) is 0.771. The van der Waals surface area contributed by atoms with Crippen molar-refractivity contribution in [1.29, 1.82) is 0 Å². The van der Waals surface area contributed by atoms with Crippen LogP contribution in [0.3, 0.4) is 0 Å². The molecule has 1 unspecified atom stereocenters. The van der Waals surface area contributed by atoms with Crippen LogP contribution >= 0.6 is 11.8 Å². The minimum Gasteiger partial charge on any atom is -0.385 e. The number of H-pyrrole nitrogens is 1. The first-order chi connectivity index (χ1) is 10.9. The summed E-state index contributed by atoms with van der Waals surface area (Å²) in [5, 5.41) is 11.4. The molecule has 0 saturated heterocycles. The molecule has 2 N–H and O–H groups in total. The Bertz CT molecular complexity index is 668. The highest BCUT2D eigenvalue weighted by Gasteiger charge is 2.27. The smallest absolute Gasteiger partial charge is 0.136 e. The van der Waals surface area contributed by atoms with Crippen LogP contribution in [0.2, 0.25) is 0 Å². The Hall–Kier alpha value is -1.26. The van der Waals surface area contributed by atoms with Crippen LogP contribution in [-0.2, 0) is 0 Å². The predicted octanol–water partition coefficient (Wildman–Crippen LogP) is 5.13. The van der Waals surface area contributed by atoms with Gasteiger partial charge in [-0.25, -0.2) is 4.98 Å². The van der Waals surface area contributed by atoms with Crippen LogP contribution in [0.25, 0.3) is 0 Å². The van der Waals surface area contributed by atoms with E-state index in [4.69, 9.17) is 4.98 Å². The van der Waals surface area contributed by atoms with Crippen molar-refractivity contribution >= 4 is 11.8 Å². The molecule has 0 spiro atoms. The van der Waals surface area contributed by atoms with Gasteiger partial charge in [-0.15, -0.1) is 0 Å². The summed E-state index contributed by atoms with van der Waals surface area (Å²) in [6, 6.07) is 6.57. The third-order valence-corrected chi connectivity index (χ3v) is 5.25. The van der Waals surface area contributed by atoms with Gasteiger partial charge in [0.2, 0.25) is 0 Å². The maximum atomic E-state index is 10.4. The number of rotatable bonds is 6. The van der Waals surface area contributed by atoms with Crippen molar-refractivity contribution in [3.8, 4) is 0 Å². The Morgan fingerprint density at radius 1 is 1.22 bits per heavy atom. The summed E-state index contributed by atoms with van der Waals surface area (Å²) in [5.74, 6) is 1.78. The normalized spacial score (nSPS) is 16.1. The maximum Gasteiger partial charge on any atom is 0.136 e. The minimum atomic E-state index is -0.464. The summed E-state index contributed by atoms with van der Waals surface area (Å²) in [6.07, 6.45) is 2.87. The highest BCUT2D eigenvalue weighted by atomic mass is 32.2. The lowest BCUT2D eigenvalue weighted by Crippen LogP contribution is -2.01. The largest absolute Gasteiger partial charge is 0.385 e. The van der Waals surface area contributed by atoms with Crippen LogP contribution in [-0.4, -0.2) is 15.1 Å². The zero-order valence-corrected chi connectivity index (χ0v) is 15.2. The molecular weight excluding hydrogens is 304 g/mol. The number of nitrogens with one attached hydrogen (secondary N) is 1. The SMILES string of the molecule is Cc1cc(C)cc(Sc2nc(C(O)CC3CC3)[nH]c2C(C)C)c1. The fraction of sp³-hybridized carbons (Fsp3) is 0.526. The zero-order valence-electron chi connectivity index (χ0n) is 14.4. The molecule has 4 heteroatoms. The van der Waals surface area contributed by atoms with E-state index in [2.05, 4.69) is 50.9 Å². The number of hydrogen-bond donors (Lipinski definition) is 2. The van der Waals surface area contributed by atoms with E-state index in [0.717, 1.165) is 23.0 Å². The minimum absolute atomic E-state index is 0.359. The molecule has 1 fully saturated rings. The number of hydrogen-bond acceptors (Lipinski definition) is 3. The average molecular weight is 330 g/mol. The zero-order chi connectivity index (χ0) is 16.6. The molecule has 3 rings (SSSR count). The van der Waals surface area contributed by atoms with Gasteiger partial charge in [-0.3, -0.25) is 0 Å². The Morgan fingerprint density at radius 2 is 1.87 bits per heavy atom.